The molecule has 0 amide bonds. The molecule has 8 heteroatoms. The number of aromatic nitrogens is 5. The third-order valence-corrected chi connectivity index (χ3v) is 3.55. The standard InChI is InChI=1S/C12H15ClN6O/c1-20-9-3-2-8(6-9)15-11-16-10(13)17-12(18-11)19-5-4-14-7-19/h4-5,7-9H,2-3,6H2,1H3,(H,15,16,17,18). The zero-order valence-electron chi connectivity index (χ0n) is 11.0. The summed E-state index contributed by atoms with van der Waals surface area (Å²) in [7, 11) is 1.74. The summed E-state index contributed by atoms with van der Waals surface area (Å²) >= 11 is 5.95. The van der Waals surface area contributed by atoms with E-state index in [4.69, 9.17) is 16.3 Å². The Morgan fingerprint density at radius 2 is 2.25 bits per heavy atom. The second-order valence-electron chi connectivity index (χ2n) is 4.71. The van der Waals surface area contributed by atoms with Crippen LogP contribution in [0.2, 0.25) is 5.28 Å². The van der Waals surface area contributed by atoms with Crippen molar-refractivity contribution in [1.82, 2.24) is 24.5 Å². The Labute approximate surface area is 121 Å². The van der Waals surface area contributed by atoms with Crippen molar-refractivity contribution in [2.24, 2.45) is 0 Å². The summed E-state index contributed by atoms with van der Waals surface area (Å²) in [5.74, 6) is 0.932. The third kappa shape index (κ3) is 2.88. The average molecular weight is 295 g/mol. The van der Waals surface area contributed by atoms with Gasteiger partial charge in [0.25, 0.3) is 0 Å². The molecule has 0 aliphatic heterocycles. The summed E-state index contributed by atoms with van der Waals surface area (Å²) in [6, 6.07) is 0.300. The van der Waals surface area contributed by atoms with Crippen LogP contribution >= 0.6 is 11.6 Å². The number of halogens is 1. The van der Waals surface area contributed by atoms with Gasteiger partial charge in [0.1, 0.15) is 6.33 Å². The number of hydrogen-bond donors (Lipinski definition) is 1. The van der Waals surface area contributed by atoms with Crippen LogP contribution in [0.5, 0.6) is 0 Å². The first-order chi connectivity index (χ1) is 9.74. The molecule has 2 aromatic rings. The number of nitrogens with one attached hydrogen (secondary N) is 1. The first-order valence-corrected chi connectivity index (χ1v) is 6.81. The van der Waals surface area contributed by atoms with Gasteiger partial charge in [-0.2, -0.15) is 15.0 Å². The zero-order chi connectivity index (χ0) is 13.9. The van der Waals surface area contributed by atoms with E-state index >= 15 is 0 Å². The molecule has 0 radical (unpaired) electrons. The molecule has 1 aliphatic carbocycles. The molecule has 2 aromatic heterocycles. The first-order valence-electron chi connectivity index (χ1n) is 6.44. The lowest BCUT2D eigenvalue weighted by atomic mass is 10.2. The van der Waals surface area contributed by atoms with Crippen molar-refractivity contribution in [3.8, 4) is 5.95 Å². The smallest absolute Gasteiger partial charge is 0.241 e. The van der Waals surface area contributed by atoms with Crippen LogP contribution in [0.4, 0.5) is 5.95 Å². The molecule has 2 heterocycles. The minimum Gasteiger partial charge on any atom is -0.381 e. The number of rotatable bonds is 4. The monoisotopic (exact) mass is 294 g/mol. The van der Waals surface area contributed by atoms with E-state index in [1.807, 2.05) is 0 Å². The Hall–Kier alpha value is -1.73. The summed E-state index contributed by atoms with van der Waals surface area (Å²) < 4.78 is 7.04. The van der Waals surface area contributed by atoms with Gasteiger partial charge in [0, 0.05) is 25.5 Å². The van der Waals surface area contributed by atoms with Crippen LogP contribution in [0, 0.1) is 0 Å². The second kappa shape index (κ2) is 5.72. The largest absolute Gasteiger partial charge is 0.381 e. The molecule has 2 atom stereocenters. The number of imidazole rings is 1. The lowest BCUT2D eigenvalue weighted by Gasteiger charge is -2.13. The lowest BCUT2D eigenvalue weighted by molar-refractivity contribution is 0.108. The molecule has 0 aromatic carbocycles. The van der Waals surface area contributed by atoms with E-state index in [1.54, 1.807) is 30.4 Å². The summed E-state index contributed by atoms with van der Waals surface area (Å²) in [4.78, 5) is 16.5. The van der Waals surface area contributed by atoms with E-state index in [0.29, 0.717) is 24.0 Å². The predicted octanol–water partition coefficient (Wildman–Crippen LogP) is 1.69. The van der Waals surface area contributed by atoms with Gasteiger partial charge in [0.15, 0.2) is 0 Å². The minimum atomic E-state index is 0.160. The number of ether oxygens (including phenoxy) is 1. The van der Waals surface area contributed by atoms with Crippen LogP contribution in [0.3, 0.4) is 0 Å². The molecule has 0 bridgehead atoms. The Morgan fingerprint density at radius 1 is 1.35 bits per heavy atom. The van der Waals surface area contributed by atoms with Crippen molar-refractivity contribution in [3.05, 3.63) is 24.0 Å². The summed E-state index contributed by atoms with van der Waals surface area (Å²) in [6.45, 7) is 0. The van der Waals surface area contributed by atoms with E-state index in [-0.39, 0.29) is 5.28 Å². The predicted molar refractivity (Wildman–Crippen MR) is 74.0 cm³/mol. The number of nitrogens with zero attached hydrogens (tertiary/aromatic N) is 5. The summed E-state index contributed by atoms with van der Waals surface area (Å²) in [5, 5.41) is 3.45. The van der Waals surface area contributed by atoms with Crippen molar-refractivity contribution in [2.75, 3.05) is 12.4 Å². The maximum atomic E-state index is 5.95. The van der Waals surface area contributed by atoms with Crippen molar-refractivity contribution >= 4 is 17.5 Å². The van der Waals surface area contributed by atoms with Crippen LogP contribution in [-0.4, -0.2) is 43.8 Å². The van der Waals surface area contributed by atoms with Crippen LogP contribution in [-0.2, 0) is 4.74 Å². The van der Waals surface area contributed by atoms with Crippen LogP contribution in [0.15, 0.2) is 18.7 Å². The SMILES string of the molecule is COC1CCC(Nc2nc(Cl)nc(-n3ccnc3)n2)C1. The summed E-state index contributed by atoms with van der Waals surface area (Å²) in [6.07, 6.45) is 8.35. The van der Waals surface area contributed by atoms with Gasteiger partial charge in [-0.15, -0.1) is 0 Å². The lowest BCUT2D eigenvalue weighted by Crippen LogP contribution is -2.19. The van der Waals surface area contributed by atoms with Gasteiger partial charge < -0.3 is 10.1 Å². The van der Waals surface area contributed by atoms with Crippen molar-refractivity contribution in [3.63, 3.8) is 0 Å². The highest BCUT2D eigenvalue weighted by molar-refractivity contribution is 6.28. The minimum absolute atomic E-state index is 0.160. The number of anilines is 1. The molecular formula is C12H15ClN6O. The third-order valence-electron chi connectivity index (χ3n) is 3.38. The molecule has 1 saturated carbocycles. The van der Waals surface area contributed by atoms with E-state index in [0.717, 1.165) is 19.3 Å². The van der Waals surface area contributed by atoms with Gasteiger partial charge in [-0.1, -0.05) is 0 Å². The maximum Gasteiger partial charge on any atom is 0.241 e. The molecule has 1 aliphatic rings. The van der Waals surface area contributed by atoms with Gasteiger partial charge in [0.05, 0.1) is 6.10 Å². The van der Waals surface area contributed by atoms with E-state index in [1.165, 1.54) is 0 Å². The zero-order valence-corrected chi connectivity index (χ0v) is 11.8. The van der Waals surface area contributed by atoms with Gasteiger partial charge in [-0.3, -0.25) is 4.57 Å². The fourth-order valence-electron chi connectivity index (χ4n) is 2.36. The summed E-state index contributed by atoms with van der Waals surface area (Å²) in [5.41, 5.74) is 0. The fraction of sp³-hybridized carbons (Fsp3) is 0.500. The normalized spacial score (nSPS) is 22.1. The van der Waals surface area contributed by atoms with Crippen LogP contribution < -0.4 is 5.32 Å². The quantitative estimate of drug-likeness (QED) is 0.924. The molecule has 1 N–H and O–H groups in total. The highest BCUT2D eigenvalue weighted by Gasteiger charge is 2.25. The van der Waals surface area contributed by atoms with Crippen LogP contribution in [0.1, 0.15) is 19.3 Å². The van der Waals surface area contributed by atoms with Crippen molar-refractivity contribution in [1.29, 1.82) is 0 Å². The van der Waals surface area contributed by atoms with Crippen molar-refractivity contribution in [2.45, 2.75) is 31.4 Å². The van der Waals surface area contributed by atoms with E-state index in [9.17, 15) is 0 Å². The average Bonchev–Trinajstić information content (AvgIpc) is 3.09. The number of methoxy groups -OCH3 is 1. The second-order valence-corrected chi connectivity index (χ2v) is 5.05. The highest BCUT2D eigenvalue weighted by atomic mass is 35.5. The first kappa shape index (κ1) is 13.3. The van der Waals surface area contributed by atoms with Gasteiger partial charge >= 0.3 is 0 Å². The van der Waals surface area contributed by atoms with E-state index in [2.05, 4.69) is 25.3 Å². The highest BCUT2D eigenvalue weighted by Crippen LogP contribution is 2.24. The molecular weight excluding hydrogens is 280 g/mol. The topological polar surface area (TPSA) is 77.8 Å². The Bertz CT molecular complexity index is 575. The molecule has 1 fully saturated rings. The van der Waals surface area contributed by atoms with Crippen molar-refractivity contribution < 1.29 is 4.74 Å². The van der Waals surface area contributed by atoms with Gasteiger partial charge in [-0.25, -0.2) is 4.98 Å². The molecule has 20 heavy (non-hydrogen) atoms. The Kier molecular flexibility index (Phi) is 3.79. The maximum absolute atomic E-state index is 5.95. The van der Waals surface area contributed by atoms with Gasteiger partial charge in [-0.05, 0) is 30.9 Å². The molecule has 7 nitrogen and oxygen atoms in total. The molecule has 0 saturated heterocycles. The molecule has 3 rings (SSSR count). The van der Waals surface area contributed by atoms with E-state index < -0.39 is 0 Å². The molecule has 2 unspecified atom stereocenters. The van der Waals surface area contributed by atoms with Crippen LogP contribution in [0.25, 0.3) is 5.95 Å². The molecule has 0 spiro atoms. The molecule has 106 valence electrons. The number of hydrogen-bond acceptors (Lipinski definition) is 6. The Morgan fingerprint density at radius 3 is 2.95 bits per heavy atom. The van der Waals surface area contributed by atoms with Gasteiger partial charge in [0.2, 0.25) is 17.2 Å². The fourth-order valence-corrected chi connectivity index (χ4v) is 2.52. The Balaban J connectivity index is 1.77.